The van der Waals surface area contributed by atoms with E-state index in [9.17, 15) is 0 Å². The van der Waals surface area contributed by atoms with Gasteiger partial charge in [-0.05, 0) is 12.0 Å². The molecule has 0 N–H and O–H groups in total. The average Bonchev–Trinajstić information content (AvgIpc) is 2.42. The van der Waals surface area contributed by atoms with Crippen LogP contribution in [0.15, 0.2) is 30.3 Å². The summed E-state index contributed by atoms with van der Waals surface area (Å²) in [7, 11) is 0. The standard InChI is InChI=1S/C13H19NO.C2H6.CH4/c1-2-13-11-14(8-9-15-13)10-12-6-4-3-5-7-12;1-2;/h3-7,13H,2,8-11H2,1H3;1-2H3;1H4. The van der Waals surface area contributed by atoms with Gasteiger partial charge in [-0.1, -0.05) is 58.5 Å². The number of morpholine rings is 1. The molecule has 0 amide bonds. The van der Waals surface area contributed by atoms with Crippen LogP contribution in [0.25, 0.3) is 0 Å². The Hall–Kier alpha value is -0.860. The predicted molar refractivity (Wildman–Crippen MR) is 79.8 cm³/mol. The van der Waals surface area contributed by atoms with Gasteiger partial charge >= 0.3 is 0 Å². The Labute approximate surface area is 113 Å². The van der Waals surface area contributed by atoms with Crippen LogP contribution < -0.4 is 0 Å². The quantitative estimate of drug-likeness (QED) is 0.806. The van der Waals surface area contributed by atoms with Gasteiger partial charge in [0.15, 0.2) is 0 Å². The van der Waals surface area contributed by atoms with E-state index < -0.39 is 0 Å². The van der Waals surface area contributed by atoms with E-state index >= 15 is 0 Å². The normalized spacial score (nSPS) is 19.4. The second-order valence-electron chi connectivity index (χ2n) is 4.12. The largest absolute Gasteiger partial charge is 0.376 e. The van der Waals surface area contributed by atoms with E-state index in [0.717, 1.165) is 32.7 Å². The molecule has 0 bridgehead atoms. The van der Waals surface area contributed by atoms with E-state index in [1.54, 1.807) is 0 Å². The minimum Gasteiger partial charge on any atom is -0.376 e. The van der Waals surface area contributed by atoms with Crippen LogP contribution in [0, 0.1) is 0 Å². The van der Waals surface area contributed by atoms with Crippen LogP contribution in [-0.2, 0) is 11.3 Å². The molecule has 1 unspecified atom stereocenters. The number of hydrogen-bond donors (Lipinski definition) is 0. The molecule has 104 valence electrons. The van der Waals surface area contributed by atoms with Crippen molar-refractivity contribution in [2.24, 2.45) is 0 Å². The van der Waals surface area contributed by atoms with Crippen molar-refractivity contribution in [2.75, 3.05) is 19.7 Å². The summed E-state index contributed by atoms with van der Waals surface area (Å²) in [4.78, 5) is 2.48. The van der Waals surface area contributed by atoms with E-state index in [-0.39, 0.29) is 7.43 Å². The van der Waals surface area contributed by atoms with Gasteiger partial charge in [0, 0.05) is 19.6 Å². The van der Waals surface area contributed by atoms with Gasteiger partial charge in [-0.25, -0.2) is 0 Å². The van der Waals surface area contributed by atoms with Crippen LogP contribution in [0.2, 0.25) is 0 Å². The summed E-state index contributed by atoms with van der Waals surface area (Å²) in [5.41, 5.74) is 1.40. The van der Waals surface area contributed by atoms with Gasteiger partial charge in [-0.15, -0.1) is 0 Å². The van der Waals surface area contributed by atoms with Gasteiger partial charge in [-0.2, -0.15) is 0 Å². The van der Waals surface area contributed by atoms with Gasteiger partial charge in [0.1, 0.15) is 0 Å². The number of nitrogens with zero attached hydrogens (tertiary/aromatic N) is 1. The Morgan fingerprint density at radius 3 is 2.50 bits per heavy atom. The Balaban J connectivity index is 0.000000917. The Morgan fingerprint density at radius 1 is 1.22 bits per heavy atom. The van der Waals surface area contributed by atoms with Gasteiger partial charge < -0.3 is 4.74 Å². The maximum atomic E-state index is 5.65. The SMILES string of the molecule is C.CC.CCC1CN(Cc2ccccc2)CCO1. The van der Waals surface area contributed by atoms with Crippen molar-refractivity contribution in [3.8, 4) is 0 Å². The van der Waals surface area contributed by atoms with Crippen LogP contribution in [0.5, 0.6) is 0 Å². The molecule has 2 rings (SSSR count). The third-order valence-corrected chi connectivity index (χ3v) is 2.93. The topological polar surface area (TPSA) is 12.5 Å². The third-order valence-electron chi connectivity index (χ3n) is 2.93. The highest BCUT2D eigenvalue weighted by atomic mass is 16.5. The predicted octanol–water partition coefficient (Wildman–Crippen LogP) is 3.96. The Kier molecular flexibility index (Phi) is 9.62. The molecule has 1 aliphatic rings. The summed E-state index contributed by atoms with van der Waals surface area (Å²) >= 11 is 0. The monoisotopic (exact) mass is 251 g/mol. The van der Waals surface area contributed by atoms with E-state index in [1.807, 2.05) is 13.8 Å². The summed E-state index contributed by atoms with van der Waals surface area (Å²) in [6, 6.07) is 10.7. The lowest BCUT2D eigenvalue weighted by molar-refractivity contribution is -0.0324. The lowest BCUT2D eigenvalue weighted by Crippen LogP contribution is -2.41. The van der Waals surface area contributed by atoms with Crippen LogP contribution in [0.3, 0.4) is 0 Å². The highest BCUT2D eigenvalue weighted by molar-refractivity contribution is 5.14. The highest BCUT2D eigenvalue weighted by Gasteiger charge is 2.18. The van der Waals surface area contributed by atoms with Crippen LogP contribution in [0.1, 0.15) is 40.2 Å². The molecule has 0 aromatic heterocycles. The summed E-state index contributed by atoms with van der Waals surface area (Å²) in [5, 5.41) is 0. The average molecular weight is 251 g/mol. The molecule has 1 saturated heterocycles. The van der Waals surface area contributed by atoms with Crippen LogP contribution in [-0.4, -0.2) is 30.7 Å². The minimum atomic E-state index is 0. The zero-order valence-corrected chi connectivity index (χ0v) is 11.4. The molecule has 1 aromatic rings. The van der Waals surface area contributed by atoms with Crippen LogP contribution in [0.4, 0.5) is 0 Å². The second kappa shape index (κ2) is 10.1. The first-order chi connectivity index (χ1) is 8.38. The van der Waals surface area contributed by atoms with Crippen molar-refractivity contribution in [3.05, 3.63) is 35.9 Å². The first-order valence-corrected chi connectivity index (χ1v) is 6.76. The smallest absolute Gasteiger partial charge is 0.0700 e. The number of benzene rings is 1. The zero-order chi connectivity index (χ0) is 12.5. The molecule has 2 heteroatoms. The molecule has 1 fully saturated rings. The van der Waals surface area contributed by atoms with E-state index in [4.69, 9.17) is 4.74 Å². The fraction of sp³-hybridized carbons (Fsp3) is 0.625. The molecule has 1 atom stereocenters. The molecular formula is C16H29NO. The maximum Gasteiger partial charge on any atom is 0.0700 e. The van der Waals surface area contributed by atoms with Crippen LogP contribution >= 0.6 is 0 Å². The molecular weight excluding hydrogens is 222 g/mol. The Bertz CT molecular complexity index is 286. The molecule has 0 radical (unpaired) electrons. The molecule has 1 aliphatic heterocycles. The highest BCUT2D eigenvalue weighted by Crippen LogP contribution is 2.11. The first-order valence-electron chi connectivity index (χ1n) is 6.76. The summed E-state index contributed by atoms with van der Waals surface area (Å²) in [5.74, 6) is 0. The molecule has 18 heavy (non-hydrogen) atoms. The van der Waals surface area contributed by atoms with E-state index in [2.05, 4.69) is 42.2 Å². The molecule has 0 aliphatic carbocycles. The fourth-order valence-electron chi connectivity index (χ4n) is 2.01. The molecule has 0 saturated carbocycles. The van der Waals surface area contributed by atoms with Crippen molar-refractivity contribution in [1.82, 2.24) is 4.90 Å². The minimum absolute atomic E-state index is 0. The van der Waals surface area contributed by atoms with Crippen molar-refractivity contribution in [1.29, 1.82) is 0 Å². The number of rotatable bonds is 3. The zero-order valence-electron chi connectivity index (χ0n) is 11.4. The number of hydrogen-bond acceptors (Lipinski definition) is 2. The molecule has 1 heterocycles. The van der Waals surface area contributed by atoms with Crippen molar-refractivity contribution < 1.29 is 4.74 Å². The summed E-state index contributed by atoms with van der Waals surface area (Å²) in [6.07, 6.45) is 1.55. The lowest BCUT2D eigenvalue weighted by Gasteiger charge is -2.32. The molecule has 1 aromatic carbocycles. The maximum absolute atomic E-state index is 5.65. The van der Waals surface area contributed by atoms with Crippen molar-refractivity contribution in [2.45, 2.75) is 47.3 Å². The fourth-order valence-corrected chi connectivity index (χ4v) is 2.01. The molecule has 2 nitrogen and oxygen atoms in total. The van der Waals surface area contributed by atoms with Gasteiger partial charge in [-0.3, -0.25) is 4.90 Å². The lowest BCUT2D eigenvalue weighted by atomic mass is 10.1. The molecule has 0 spiro atoms. The Morgan fingerprint density at radius 2 is 1.89 bits per heavy atom. The first kappa shape index (κ1) is 17.1. The van der Waals surface area contributed by atoms with Gasteiger partial charge in [0.05, 0.1) is 12.7 Å². The van der Waals surface area contributed by atoms with Gasteiger partial charge in [0.25, 0.3) is 0 Å². The summed E-state index contributed by atoms with van der Waals surface area (Å²) < 4.78 is 5.65. The van der Waals surface area contributed by atoms with Gasteiger partial charge in [0.2, 0.25) is 0 Å². The summed E-state index contributed by atoms with van der Waals surface area (Å²) in [6.45, 7) is 10.3. The number of ether oxygens (including phenoxy) is 1. The van der Waals surface area contributed by atoms with Crippen molar-refractivity contribution >= 4 is 0 Å². The second-order valence-corrected chi connectivity index (χ2v) is 4.12. The van der Waals surface area contributed by atoms with Crippen molar-refractivity contribution in [3.63, 3.8) is 0 Å². The third kappa shape index (κ3) is 5.65. The van der Waals surface area contributed by atoms with E-state index in [1.165, 1.54) is 5.56 Å². The van der Waals surface area contributed by atoms with E-state index in [0.29, 0.717) is 6.10 Å².